The number of piperidine rings is 1. The Morgan fingerprint density at radius 3 is 2.60 bits per heavy atom. The lowest BCUT2D eigenvalue weighted by Crippen LogP contribution is -2.50. The minimum absolute atomic E-state index is 0.0997. The van der Waals surface area contributed by atoms with Gasteiger partial charge in [0.1, 0.15) is 0 Å². The molecule has 3 heterocycles. The van der Waals surface area contributed by atoms with Crippen molar-refractivity contribution in [3.63, 3.8) is 0 Å². The summed E-state index contributed by atoms with van der Waals surface area (Å²) < 4.78 is 10.6. The van der Waals surface area contributed by atoms with Gasteiger partial charge in [-0.3, -0.25) is 4.79 Å². The Kier molecular flexibility index (Phi) is 2.63. The zero-order valence-electron chi connectivity index (χ0n) is 11.2. The first-order valence-corrected chi connectivity index (χ1v) is 7.20. The molecule has 2 N–H and O–H groups in total. The van der Waals surface area contributed by atoms with Crippen LogP contribution in [0.2, 0.25) is 0 Å². The number of hydrogen-bond acceptors (Lipinski definition) is 4. The van der Waals surface area contributed by atoms with Crippen molar-refractivity contribution in [1.29, 1.82) is 0 Å². The summed E-state index contributed by atoms with van der Waals surface area (Å²) in [6, 6.07) is 6.28. The van der Waals surface area contributed by atoms with E-state index in [1.165, 1.54) is 0 Å². The maximum absolute atomic E-state index is 12.8. The molecule has 2 unspecified atom stereocenters. The second-order valence-electron chi connectivity index (χ2n) is 5.90. The van der Waals surface area contributed by atoms with Gasteiger partial charge in [-0.1, -0.05) is 0 Å². The molecule has 20 heavy (non-hydrogen) atoms. The van der Waals surface area contributed by atoms with Gasteiger partial charge in [-0.25, -0.2) is 0 Å². The number of fused-ring (bicyclic) bond motifs is 3. The standard InChI is InChI=1S/C15H18N2O3/c16-10-6-11-2-3-12(7-10)17(11)15(18)9-1-4-13-14(5-9)20-8-19-13/h1,4-5,10-12H,2-3,6-8,16H2. The summed E-state index contributed by atoms with van der Waals surface area (Å²) in [5.41, 5.74) is 6.74. The molecule has 0 saturated carbocycles. The Bertz CT molecular complexity index is 546. The van der Waals surface area contributed by atoms with Gasteiger partial charge in [0, 0.05) is 23.7 Å². The summed E-state index contributed by atoms with van der Waals surface area (Å²) >= 11 is 0. The van der Waals surface area contributed by atoms with Crippen LogP contribution in [0.5, 0.6) is 11.5 Å². The van der Waals surface area contributed by atoms with E-state index in [0.29, 0.717) is 29.1 Å². The van der Waals surface area contributed by atoms with Crippen molar-refractivity contribution < 1.29 is 14.3 Å². The molecule has 3 aliphatic heterocycles. The van der Waals surface area contributed by atoms with Crippen LogP contribution in [-0.2, 0) is 0 Å². The van der Waals surface area contributed by atoms with Crippen LogP contribution in [0.1, 0.15) is 36.0 Å². The van der Waals surface area contributed by atoms with E-state index in [-0.39, 0.29) is 18.7 Å². The minimum Gasteiger partial charge on any atom is -0.454 e. The Morgan fingerprint density at radius 2 is 1.85 bits per heavy atom. The molecule has 4 rings (SSSR count). The first-order chi connectivity index (χ1) is 9.72. The van der Waals surface area contributed by atoms with E-state index in [1.807, 2.05) is 17.0 Å². The van der Waals surface area contributed by atoms with Crippen molar-refractivity contribution >= 4 is 5.91 Å². The summed E-state index contributed by atoms with van der Waals surface area (Å²) in [6.45, 7) is 0.233. The highest BCUT2D eigenvalue weighted by Gasteiger charge is 2.42. The largest absolute Gasteiger partial charge is 0.454 e. The van der Waals surface area contributed by atoms with E-state index in [9.17, 15) is 4.79 Å². The van der Waals surface area contributed by atoms with E-state index in [0.717, 1.165) is 25.7 Å². The van der Waals surface area contributed by atoms with Crippen LogP contribution in [0.25, 0.3) is 0 Å². The number of hydrogen-bond donors (Lipinski definition) is 1. The third-order valence-electron chi connectivity index (χ3n) is 4.62. The summed E-state index contributed by atoms with van der Waals surface area (Å²) in [7, 11) is 0. The fourth-order valence-corrected chi connectivity index (χ4v) is 3.73. The molecule has 1 aromatic carbocycles. The molecule has 0 aliphatic carbocycles. The van der Waals surface area contributed by atoms with Crippen LogP contribution in [0.15, 0.2) is 18.2 Å². The van der Waals surface area contributed by atoms with Gasteiger partial charge in [0.25, 0.3) is 5.91 Å². The average molecular weight is 274 g/mol. The monoisotopic (exact) mass is 274 g/mol. The van der Waals surface area contributed by atoms with Gasteiger partial charge < -0.3 is 20.1 Å². The van der Waals surface area contributed by atoms with Crippen LogP contribution in [-0.4, -0.2) is 35.7 Å². The molecule has 1 amide bonds. The van der Waals surface area contributed by atoms with E-state index in [1.54, 1.807) is 6.07 Å². The predicted molar refractivity (Wildman–Crippen MR) is 72.8 cm³/mol. The van der Waals surface area contributed by atoms with Crippen molar-refractivity contribution in [3.05, 3.63) is 23.8 Å². The Balaban J connectivity index is 1.61. The molecule has 5 nitrogen and oxygen atoms in total. The zero-order chi connectivity index (χ0) is 13.7. The number of benzene rings is 1. The lowest BCUT2D eigenvalue weighted by Gasteiger charge is -2.37. The number of carbonyl (C=O) groups is 1. The molecule has 5 heteroatoms. The van der Waals surface area contributed by atoms with Gasteiger partial charge in [0.05, 0.1) is 0 Å². The van der Waals surface area contributed by atoms with Crippen LogP contribution < -0.4 is 15.2 Å². The van der Waals surface area contributed by atoms with E-state index in [2.05, 4.69) is 0 Å². The topological polar surface area (TPSA) is 64.8 Å². The second-order valence-corrected chi connectivity index (χ2v) is 5.90. The minimum atomic E-state index is 0.0997. The van der Waals surface area contributed by atoms with Crippen LogP contribution in [0.3, 0.4) is 0 Å². The highest BCUT2D eigenvalue weighted by Crippen LogP contribution is 2.38. The van der Waals surface area contributed by atoms with E-state index < -0.39 is 0 Å². The van der Waals surface area contributed by atoms with Crippen molar-refractivity contribution in [3.8, 4) is 11.5 Å². The van der Waals surface area contributed by atoms with E-state index >= 15 is 0 Å². The number of nitrogens with two attached hydrogens (primary N) is 1. The van der Waals surface area contributed by atoms with Crippen LogP contribution >= 0.6 is 0 Å². The molecule has 0 radical (unpaired) electrons. The molecule has 2 atom stereocenters. The highest BCUT2D eigenvalue weighted by atomic mass is 16.7. The van der Waals surface area contributed by atoms with Crippen molar-refractivity contribution in [2.75, 3.05) is 6.79 Å². The SMILES string of the molecule is NC1CC2CCC(C1)N2C(=O)c1ccc2c(c1)OCO2. The Labute approximate surface area is 117 Å². The van der Waals surface area contributed by atoms with Crippen molar-refractivity contribution in [2.45, 2.75) is 43.8 Å². The zero-order valence-corrected chi connectivity index (χ0v) is 11.2. The van der Waals surface area contributed by atoms with Gasteiger partial charge in [0.15, 0.2) is 11.5 Å². The molecule has 2 fully saturated rings. The van der Waals surface area contributed by atoms with Gasteiger partial charge >= 0.3 is 0 Å². The van der Waals surface area contributed by atoms with E-state index in [4.69, 9.17) is 15.2 Å². The maximum Gasteiger partial charge on any atom is 0.254 e. The molecule has 106 valence electrons. The first-order valence-electron chi connectivity index (χ1n) is 7.20. The normalized spacial score (nSPS) is 30.6. The molecule has 2 saturated heterocycles. The molecule has 2 bridgehead atoms. The van der Waals surface area contributed by atoms with Gasteiger partial charge in [-0.05, 0) is 43.9 Å². The fraction of sp³-hybridized carbons (Fsp3) is 0.533. The Morgan fingerprint density at radius 1 is 1.15 bits per heavy atom. The summed E-state index contributed by atoms with van der Waals surface area (Å²) in [6.07, 6.45) is 4.00. The summed E-state index contributed by atoms with van der Waals surface area (Å²) in [4.78, 5) is 14.8. The maximum atomic E-state index is 12.8. The lowest BCUT2D eigenvalue weighted by atomic mass is 9.97. The number of amides is 1. The molecular weight excluding hydrogens is 256 g/mol. The number of nitrogens with zero attached hydrogens (tertiary/aromatic N) is 1. The fourth-order valence-electron chi connectivity index (χ4n) is 3.73. The van der Waals surface area contributed by atoms with Crippen LogP contribution in [0, 0.1) is 0 Å². The smallest absolute Gasteiger partial charge is 0.254 e. The predicted octanol–water partition coefficient (Wildman–Crippen LogP) is 1.51. The molecular formula is C15H18N2O3. The highest BCUT2D eigenvalue weighted by molar-refractivity contribution is 5.95. The van der Waals surface area contributed by atoms with Crippen molar-refractivity contribution in [1.82, 2.24) is 4.90 Å². The van der Waals surface area contributed by atoms with Gasteiger partial charge in [0.2, 0.25) is 6.79 Å². The molecule has 0 spiro atoms. The second kappa shape index (κ2) is 4.38. The quantitative estimate of drug-likeness (QED) is 0.843. The number of ether oxygens (including phenoxy) is 2. The third-order valence-corrected chi connectivity index (χ3v) is 4.62. The molecule has 0 aromatic heterocycles. The lowest BCUT2D eigenvalue weighted by molar-refractivity contribution is 0.0574. The number of carbonyl (C=O) groups excluding carboxylic acids is 1. The van der Waals surface area contributed by atoms with Gasteiger partial charge in [-0.15, -0.1) is 0 Å². The Hall–Kier alpha value is -1.75. The first kappa shape index (κ1) is 12.0. The third kappa shape index (κ3) is 1.77. The summed E-state index contributed by atoms with van der Waals surface area (Å²) in [5.74, 6) is 1.48. The van der Waals surface area contributed by atoms with Gasteiger partial charge in [-0.2, -0.15) is 0 Å². The van der Waals surface area contributed by atoms with Crippen molar-refractivity contribution in [2.24, 2.45) is 5.73 Å². The number of rotatable bonds is 1. The summed E-state index contributed by atoms with van der Waals surface area (Å²) in [5, 5.41) is 0. The molecule has 1 aromatic rings. The van der Waals surface area contributed by atoms with Crippen LogP contribution in [0.4, 0.5) is 0 Å². The molecule has 3 aliphatic rings. The average Bonchev–Trinajstić information content (AvgIpc) is 3.00.